The van der Waals surface area contributed by atoms with Crippen molar-refractivity contribution in [1.82, 2.24) is 9.80 Å². The fourth-order valence-electron chi connectivity index (χ4n) is 4.26. The van der Waals surface area contributed by atoms with E-state index in [0.717, 1.165) is 55.0 Å². The summed E-state index contributed by atoms with van der Waals surface area (Å²) in [7, 11) is 0. The first kappa shape index (κ1) is 21.4. The maximum atomic E-state index is 13.2. The van der Waals surface area contributed by atoms with Gasteiger partial charge in [-0.1, -0.05) is 63.1 Å². The lowest BCUT2D eigenvalue weighted by Crippen LogP contribution is -2.34. The van der Waals surface area contributed by atoms with E-state index < -0.39 is 0 Å². The number of rotatable bonds is 11. The number of hydrogen-bond donors (Lipinski definition) is 1. The molecule has 4 heteroatoms. The van der Waals surface area contributed by atoms with Gasteiger partial charge < -0.3 is 15.5 Å². The van der Waals surface area contributed by atoms with Crippen molar-refractivity contribution in [1.29, 1.82) is 0 Å². The van der Waals surface area contributed by atoms with E-state index in [1.807, 2.05) is 41.3 Å². The predicted molar refractivity (Wildman–Crippen MR) is 121 cm³/mol. The average molecular weight is 394 g/mol. The average Bonchev–Trinajstić information content (AvgIpc) is 3.02. The van der Waals surface area contributed by atoms with E-state index in [4.69, 9.17) is 5.73 Å². The molecule has 156 valence electrons. The minimum atomic E-state index is -0.0837. The molecule has 1 aliphatic heterocycles. The molecule has 2 N–H and O–H groups in total. The number of nitrogens with zero attached hydrogens (tertiary/aromatic N) is 2. The number of benzene rings is 2. The van der Waals surface area contributed by atoms with Gasteiger partial charge in [0.05, 0.1) is 6.04 Å². The van der Waals surface area contributed by atoms with Crippen LogP contribution in [0.25, 0.3) is 0 Å². The maximum Gasteiger partial charge on any atom is 0.255 e. The second kappa shape index (κ2) is 10.4. The number of nitrogen functional groups attached to an aromatic ring is 1. The molecule has 0 radical (unpaired) electrons. The summed E-state index contributed by atoms with van der Waals surface area (Å²) in [6.45, 7) is 8.58. The Balaban J connectivity index is 1.75. The van der Waals surface area contributed by atoms with Gasteiger partial charge in [0.2, 0.25) is 0 Å². The van der Waals surface area contributed by atoms with Crippen LogP contribution in [0.1, 0.15) is 73.5 Å². The van der Waals surface area contributed by atoms with Gasteiger partial charge in [-0.25, -0.2) is 0 Å². The molecule has 0 saturated carbocycles. The first-order chi connectivity index (χ1) is 14.2. The third kappa shape index (κ3) is 4.99. The molecular weight excluding hydrogens is 358 g/mol. The second-order valence-corrected chi connectivity index (χ2v) is 8.02. The number of carbonyl (C=O) groups is 1. The van der Waals surface area contributed by atoms with E-state index in [1.165, 1.54) is 25.7 Å². The number of anilines is 1. The largest absolute Gasteiger partial charge is 0.398 e. The molecule has 29 heavy (non-hydrogen) atoms. The van der Waals surface area contributed by atoms with Gasteiger partial charge in [0.25, 0.3) is 5.91 Å². The third-order valence-electron chi connectivity index (χ3n) is 5.88. The van der Waals surface area contributed by atoms with Crippen molar-refractivity contribution in [3.63, 3.8) is 0 Å². The van der Waals surface area contributed by atoms with Gasteiger partial charge in [-0.15, -0.1) is 0 Å². The van der Waals surface area contributed by atoms with Crippen molar-refractivity contribution < 1.29 is 4.79 Å². The first-order valence-corrected chi connectivity index (χ1v) is 11.1. The van der Waals surface area contributed by atoms with Gasteiger partial charge in [-0.2, -0.15) is 0 Å². The maximum absolute atomic E-state index is 13.2. The third-order valence-corrected chi connectivity index (χ3v) is 5.88. The molecular formula is C25H35N3O. The van der Waals surface area contributed by atoms with Gasteiger partial charge >= 0.3 is 0 Å². The first-order valence-electron chi connectivity index (χ1n) is 11.1. The normalized spacial score (nSPS) is 15.9. The summed E-state index contributed by atoms with van der Waals surface area (Å²) in [6, 6.07) is 15.8. The van der Waals surface area contributed by atoms with Crippen LogP contribution in [0.2, 0.25) is 0 Å². The Morgan fingerprint density at radius 3 is 2.10 bits per heavy atom. The molecule has 1 atom stereocenters. The fraction of sp³-hybridized carbons (Fsp3) is 0.480. The van der Waals surface area contributed by atoms with Crippen LogP contribution in [-0.2, 0) is 0 Å². The standard InChI is InChI=1S/C25H35N3O/c1-3-5-16-27(17-6-4-2)18-11-19-28-24(22-14-9-10-15-23(22)26)20-12-7-8-13-21(20)25(28)29/h7-10,12-15,24H,3-6,11,16-19,26H2,1-2H3. The molecule has 2 aromatic carbocycles. The highest BCUT2D eigenvalue weighted by molar-refractivity contribution is 6.00. The minimum Gasteiger partial charge on any atom is -0.398 e. The summed E-state index contributed by atoms with van der Waals surface area (Å²) in [6.07, 6.45) is 5.90. The monoisotopic (exact) mass is 393 g/mol. The van der Waals surface area contributed by atoms with Crippen LogP contribution in [-0.4, -0.2) is 41.9 Å². The number of carbonyl (C=O) groups excluding carboxylic acids is 1. The molecule has 0 bridgehead atoms. The number of nitrogens with two attached hydrogens (primary N) is 1. The lowest BCUT2D eigenvalue weighted by molar-refractivity contribution is 0.0741. The van der Waals surface area contributed by atoms with Crippen LogP contribution < -0.4 is 5.73 Å². The van der Waals surface area contributed by atoms with Crippen molar-refractivity contribution in [3.05, 3.63) is 65.2 Å². The van der Waals surface area contributed by atoms with Crippen LogP contribution in [0.4, 0.5) is 5.69 Å². The van der Waals surface area contributed by atoms with E-state index in [-0.39, 0.29) is 11.9 Å². The lowest BCUT2D eigenvalue weighted by atomic mass is 9.96. The van der Waals surface area contributed by atoms with Gasteiger partial charge in [0.15, 0.2) is 0 Å². The Kier molecular flexibility index (Phi) is 7.70. The zero-order valence-corrected chi connectivity index (χ0v) is 17.9. The van der Waals surface area contributed by atoms with Crippen LogP contribution in [0.15, 0.2) is 48.5 Å². The Bertz CT molecular complexity index is 796. The summed E-state index contributed by atoms with van der Waals surface area (Å²) in [5.41, 5.74) is 9.97. The molecule has 3 rings (SSSR count). The number of unbranched alkanes of at least 4 members (excludes halogenated alkanes) is 2. The van der Waals surface area contributed by atoms with Crippen LogP contribution >= 0.6 is 0 Å². The van der Waals surface area contributed by atoms with E-state index in [2.05, 4.69) is 30.9 Å². The van der Waals surface area contributed by atoms with Crippen molar-refractivity contribution in [2.24, 2.45) is 0 Å². The molecule has 4 nitrogen and oxygen atoms in total. The highest BCUT2D eigenvalue weighted by atomic mass is 16.2. The smallest absolute Gasteiger partial charge is 0.255 e. The zero-order chi connectivity index (χ0) is 20.6. The summed E-state index contributed by atoms with van der Waals surface area (Å²) >= 11 is 0. The quantitative estimate of drug-likeness (QED) is 0.540. The SMILES string of the molecule is CCCCN(CCCC)CCCN1C(=O)c2ccccc2C1c1ccccc1N. The number of para-hydroxylation sites is 1. The Labute approximate surface area is 175 Å². The van der Waals surface area contributed by atoms with Crippen LogP contribution in [0.5, 0.6) is 0 Å². The minimum absolute atomic E-state index is 0.0837. The molecule has 0 aliphatic carbocycles. The molecule has 1 aliphatic rings. The van der Waals surface area contributed by atoms with Gasteiger partial charge in [-0.3, -0.25) is 4.79 Å². The van der Waals surface area contributed by atoms with Crippen LogP contribution in [0.3, 0.4) is 0 Å². The topological polar surface area (TPSA) is 49.6 Å². The van der Waals surface area contributed by atoms with Crippen molar-refractivity contribution in [2.45, 2.75) is 52.0 Å². The fourth-order valence-corrected chi connectivity index (χ4v) is 4.26. The zero-order valence-electron chi connectivity index (χ0n) is 17.9. The van der Waals surface area contributed by atoms with Crippen molar-refractivity contribution >= 4 is 11.6 Å². The van der Waals surface area contributed by atoms with E-state index in [0.29, 0.717) is 0 Å². The summed E-state index contributed by atoms with van der Waals surface area (Å²) in [5.74, 6) is 0.127. The Hall–Kier alpha value is -2.33. The molecule has 1 unspecified atom stereocenters. The van der Waals surface area contributed by atoms with Gasteiger partial charge in [-0.05, 0) is 56.6 Å². The number of hydrogen-bond acceptors (Lipinski definition) is 3. The highest BCUT2D eigenvalue weighted by Crippen LogP contribution is 2.40. The molecule has 1 heterocycles. The highest BCUT2D eigenvalue weighted by Gasteiger charge is 2.37. The van der Waals surface area contributed by atoms with E-state index in [9.17, 15) is 4.79 Å². The second-order valence-electron chi connectivity index (χ2n) is 8.02. The Morgan fingerprint density at radius 1 is 0.862 bits per heavy atom. The molecule has 1 amide bonds. The summed E-state index contributed by atoms with van der Waals surface area (Å²) in [5, 5.41) is 0. The summed E-state index contributed by atoms with van der Waals surface area (Å²) < 4.78 is 0. The van der Waals surface area contributed by atoms with E-state index >= 15 is 0 Å². The molecule has 0 spiro atoms. The molecule has 0 aromatic heterocycles. The summed E-state index contributed by atoms with van der Waals surface area (Å²) in [4.78, 5) is 17.8. The van der Waals surface area contributed by atoms with Gasteiger partial charge in [0.1, 0.15) is 0 Å². The van der Waals surface area contributed by atoms with Crippen molar-refractivity contribution in [3.8, 4) is 0 Å². The van der Waals surface area contributed by atoms with Crippen molar-refractivity contribution in [2.75, 3.05) is 31.9 Å². The van der Waals surface area contributed by atoms with E-state index in [1.54, 1.807) is 0 Å². The van der Waals surface area contributed by atoms with Gasteiger partial charge in [0, 0.05) is 23.4 Å². The Morgan fingerprint density at radius 2 is 1.45 bits per heavy atom. The molecule has 0 fully saturated rings. The number of amides is 1. The predicted octanol–water partition coefficient (Wildman–Crippen LogP) is 5.11. The van der Waals surface area contributed by atoms with Crippen LogP contribution in [0, 0.1) is 0 Å². The lowest BCUT2D eigenvalue weighted by Gasteiger charge is -2.28. The molecule has 0 saturated heterocycles. The number of fused-ring (bicyclic) bond motifs is 1. The molecule has 2 aromatic rings.